The molecule has 2 N–H and O–H groups in total. The minimum absolute atomic E-state index is 0.0301. The van der Waals surface area contributed by atoms with Gasteiger partial charge in [0.2, 0.25) is 11.8 Å². The molecule has 0 bridgehead atoms. The molecular formula is C27H35F2N3O6. The van der Waals surface area contributed by atoms with Crippen LogP contribution in [-0.4, -0.2) is 66.0 Å². The smallest absolute Gasteiger partial charge is 0.410 e. The maximum Gasteiger partial charge on any atom is 0.410 e. The van der Waals surface area contributed by atoms with Crippen LogP contribution in [0.1, 0.15) is 47.5 Å². The number of amides is 3. The summed E-state index contributed by atoms with van der Waals surface area (Å²) < 4.78 is 38.0. The number of carbonyl (C=O) groups excluding carboxylic acids is 4. The van der Waals surface area contributed by atoms with Crippen molar-refractivity contribution in [2.24, 2.45) is 23.2 Å². The van der Waals surface area contributed by atoms with Crippen LogP contribution in [0.25, 0.3) is 0 Å². The summed E-state index contributed by atoms with van der Waals surface area (Å²) in [5.74, 6) is -3.85. The number of nitrogens with zero attached hydrogens (tertiary/aromatic N) is 1. The molecule has 3 fully saturated rings. The Kier molecular flexibility index (Phi) is 7.42. The van der Waals surface area contributed by atoms with Gasteiger partial charge in [0.25, 0.3) is 0 Å². The van der Waals surface area contributed by atoms with Crippen LogP contribution in [0.15, 0.2) is 18.2 Å². The highest BCUT2D eigenvalue weighted by Crippen LogP contribution is 2.65. The highest BCUT2D eigenvalue weighted by Gasteiger charge is 2.69. The predicted molar refractivity (Wildman–Crippen MR) is 132 cm³/mol. The first-order valence-corrected chi connectivity index (χ1v) is 12.9. The van der Waals surface area contributed by atoms with Gasteiger partial charge in [0.1, 0.15) is 24.1 Å². The third kappa shape index (κ3) is 5.76. The molecule has 0 radical (unpaired) electrons. The van der Waals surface area contributed by atoms with Crippen LogP contribution in [0.4, 0.5) is 13.6 Å². The molecule has 2 aliphatic heterocycles. The zero-order valence-electron chi connectivity index (χ0n) is 22.3. The van der Waals surface area contributed by atoms with E-state index in [1.165, 1.54) is 4.90 Å². The first-order chi connectivity index (χ1) is 17.7. The summed E-state index contributed by atoms with van der Waals surface area (Å²) in [5.41, 5.74) is -0.906. The van der Waals surface area contributed by atoms with Crippen LogP contribution in [-0.2, 0) is 19.1 Å². The fourth-order valence-electron chi connectivity index (χ4n) is 5.62. The third-order valence-corrected chi connectivity index (χ3v) is 7.76. The van der Waals surface area contributed by atoms with Gasteiger partial charge in [-0.05, 0) is 63.0 Å². The number of ether oxygens (including phenoxy) is 2. The van der Waals surface area contributed by atoms with E-state index in [2.05, 4.69) is 10.6 Å². The number of likely N-dealkylation sites (tertiary alicyclic amines) is 1. The van der Waals surface area contributed by atoms with Crippen LogP contribution < -0.4 is 15.4 Å². The molecule has 0 aromatic heterocycles. The number of benzene rings is 1. The van der Waals surface area contributed by atoms with Gasteiger partial charge in [0.15, 0.2) is 17.3 Å². The molecule has 3 aliphatic rings. The van der Waals surface area contributed by atoms with Crippen molar-refractivity contribution in [1.29, 1.82) is 0 Å². The van der Waals surface area contributed by atoms with E-state index >= 15 is 0 Å². The lowest BCUT2D eigenvalue weighted by Crippen LogP contribution is -2.55. The quantitative estimate of drug-likeness (QED) is 0.529. The SMILES string of the molecule is CC(C)(C)OC(=O)N1C[C@H]2[C@@H]([C@H]1C(=O)N[C@@H](C[C@@H]1CCNC1=O)C(=O)COc1ccc(F)cc1F)C2(C)C. The monoisotopic (exact) mass is 535 g/mol. The van der Waals surface area contributed by atoms with Gasteiger partial charge in [-0.2, -0.15) is 0 Å². The van der Waals surface area contributed by atoms with Crippen molar-refractivity contribution >= 4 is 23.7 Å². The Morgan fingerprint density at radius 2 is 1.95 bits per heavy atom. The molecule has 1 saturated carbocycles. The van der Waals surface area contributed by atoms with E-state index in [4.69, 9.17) is 9.47 Å². The Labute approximate surface area is 220 Å². The maximum absolute atomic E-state index is 14.0. The van der Waals surface area contributed by atoms with E-state index < -0.39 is 59.6 Å². The van der Waals surface area contributed by atoms with Crippen molar-refractivity contribution < 1.29 is 37.4 Å². The van der Waals surface area contributed by atoms with Crippen LogP contribution in [0, 0.1) is 34.8 Å². The fourth-order valence-corrected chi connectivity index (χ4v) is 5.62. The van der Waals surface area contributed by atoms with Gasteiger partial charge in [-0.1, -0.05) is 13.8 Å². The zero-order chi connectivity index (χ0) is 28.0. The molecule has 9 nitrogen and oxygen atoms in total. The molecule has 1 aromatic carbocycles. The normalized spacial score (nSPS) is 26.3. The summed E-state index contributed by atoms with van der Waals surface area (Å²) in [6, 6.07) is 0.766. The molecule has 11 heteroatoms. The number of nitrogens with one attached hydrogen (secondary N) is 2. The molecule has 38 heavy (non-hydrogen) atoms. The van der Waals surface area contributed by atoms with Crippen molar-refractivity contribution in [3.63, 3.8) is 0 Å². The van der Waals surface area contributed by atoms with E-state index in [1.54, 1.807) is 20.8 Å². The molecule has 0 unspecified atom stereocenters. The Morgan fingerprint density at radius 1 is 1.24 bits per heavy atom. The van der Waals surface area contributed by atoms with Crippen molar-refractivity contribution in [3.05, 3.63) is 29.8 Å². The molecule has 0 spiro atoms. The summed E-state index contributed by atoms with van der Waals surface area (Å²) in [6.45, 7) is 9.52. The molecule has 1 aromatic rings. The third-order valence-electron chi connectivity index (χ3n) is 7.76. The van der Waals surface area contributed by atoms with Crippen LogP contribution >= 0.6 is 0 Å². The molecule has 208 valence electrons. The van der Waals surface area contributed by atoms with Gasteiger partial charge in [0.05, 0.1) is 6.04 Å². The summed E-state index contributed by atoms with van der Waals surface area (Å²) in [5, 5.41) is 5.47. The standard InChI is InChI=1S/C27H35F2N3O6/c1-26(2,3)38-25(36)32-12-16-21(27(16,4)5)22(32)24(35)31-18(10-14-8-9-30-23(14)34)19(33)13-37-20-7-6-15(28)11-17(20)29/h6-7,11,14,16,18,21-22H,8-10,12-13H2,1-5H3,(H,30,34)(H,31,35)/t14-,16-,18-,21-,22-/m0/s1. The zero-order valence-corrected chi connectivity index (χ0v) is 22.3. The number of halogens is 2. The second-order valence-electron chi connectivity index (χ2n) is 11.9. The molecule has 2 saturated heterocycles. The van der Waals surface area contributed by atoms with Gasteiger partial charge < -0.3 is 20.1 Å². The van der Waals surface area contributed by atoms with Gasteiger partial charge >= 0.3 is 6.09 Å². The fraction of sp³-hybridized carbons (Fsp3) is 0.630. The Bertz CT molecular complexity index is 1130. The van der Waals surface area contributed by atoms with Gasteiger partial charge in [-0.15, -0.1) is 0 Å². The van der Waals surface area contributed by atoms with Crippen molar-refractivity contribution in [2.45, 2.75) is 65.1 Å². The topological polar surface area (TPSA) is 114 Å². The average Bonchev–Trinajstić information content (AvgIpc) is 3.16. The number of piperidine rings is 1. The lowest BCUT2D eigenvalue weighted by molar-refractivity contribution is -0.133. The van der Waals surface area contributed by atoms with E-state index in [9.17, 15) is 28.0 Å². The number of hydrogen-bond donors (Lipinski definition) is 2. The Hall–Kier alpha value is -3.24. The molecule has 5 atom stereocenters. The number of fused-ring (bicyclic) bond motifs is 1. The largest absolute Gasteiger partial charge is 0.483 e. The van der Waals surface area contributed by atoms with Gasteiger partial charge in [-0.25, -0.2) is 13.6 Å². The average molecular weight is 536 g/mol. The summed E-state index contributed by atoms with van der Waals surface area (Å²) in [6.07, 6.45) is -0.0757. The molecule has 2 heterocycles. The first-order valence-electron chi connectivity index (χ1n) is 12.9. The van der Waals surface area contributed by atoms with E-state index in [1.807, 2.05) is 13.8 Å². The summed E-state index contributed by atoms with van der Waals surface area (Å²) in [7, 11) is 0. The molecule has 4 rings (SSSR count). The lowest BCUT2D eigenvalue weighted by atomic mass is 9.95. The Balaban J connectivity index is 1.51. The first kappa shape index (κ1) is 27.8. The minimum atomic E-state index is -1.11. The second-order valence-corrected chi connectivity index (χ2v) is 11.9. The van der Waals surface area contributed by atoms with E-state index in [0.717, 1.165) is 12.1 Å². The van der Waals surface area contributed by atoms with E-state index in [-0.39, 0.29) is 35.3 Å². The molecule has 3 amide bonds. The van der Waals surface area contributed by atoms with Crippen LogP contribution in [0.3, 0.4) is 0 Å². The number of Topliss-reactive ketones (excluding diaryl/α,β-unsaturated/α-hetero) is 1. The maximum atomic E-state index is 14.0. The highest BCUT2D eigenvalue weighted by atomic mass is 19.1. The van der Waals surface area contributed by atoms with Gasteiger partial charge in [-0.3, -0.25) is 19.3 Å². The van der Waals surface area contributed by atoms with Gasteiger partial charge in [0, 0.05) is 25.1 Å². The summed E-state index contributed by atoms with van der Waals surface area (Å²) >= 11 is 0. The summed E-state index contributed by atoms with van der Waals surface area (Å²) in [4.78, 5) is 53.4. The molecule has 1 aliphatic carbocycles. The lowest BCUT2D eigenvalue weighted by Gasteiger charge is -2.33. The predicted octanol–water partition coefficient (Wildman–Crippen LogP) is 2.82. The second kappa shape index (κ2) is 10.1. The number of hydrogen-bond acceptors (Lipinski definition) is 6. The van der Waals surface area contributed by atoms with Crippen LogP contribution in [0.5, 0.6) is 5.75 Å². The van der Waals surface area contributed by atoms with Crippen molar-refractivity contribution in [1.82, 2.24) is 15.5 Å². The number of rotatable bonds is 8. The minimum Gasteiger partial charge on any atom is -0.483 e. The van der Waals surface area contributed by atoms with Crippen molar-refractivity contribution in [3.8, 4) is 5.75 Å². The number of carbonyl (C=O) groups is 4. The Morgan fingerprint density at radius 3 is 2.55 bits per heavy atom. The number of ketones is 1. The van der Waals surface area contributed by atoms with Crippen molar-refractivity contribution in [2.75, 3.05) is 19.7 Å². The van der Waals surface area contributed by atoms with E-state index in [0.29, 0.717) is 25.6 Å². The van der Waals surface area contributed by atoms with Crippen LogP contribution in [0.2, 0.25) is 0 Å². The molecular weight excluding hydrogens is 500 g/mol. The highest BCUT2D eigenvalue weighted by molar-refractivity contribution is 5.94.